The normalized spacial score (nSPS) is 11.5. The predicted molar refractivity (Wildman–Crippen MR) is 70.5 cm³/mol. The van der Waals surface area contributed by atoms with Crippen molar-refractivity contribution < 1.29 is 24.2 Å². The molecule has 7 heteroatoms. The predicted octanol–water partition coefficient (Wildman–Crippen LogP) is 0.586. The second kappa shape index (κ2) is 6.79. The molecule has 0 aliphatic rings. The summed E-state index contributed by atoms with van der Waals surface area (Å²) in [5.41, 5.74) is 0.133. The van der Waals surface area contributed by atoms with Crippen LogP contribution in [0.1, 0.15) is 20.7 Å². The lowest BCUT2D eigenvalue weighted by atomic mass is 10.1. The van der Waals surface area contributed by atoms with E-state index < -0.39 is 23.9 Å². The average molecular weight is 283 g/mol. The quantitative estimate of drug-likeness (QED) is 0.543. The highest BCUT2D eigenvalue weighted by Crippen LogP contribution is 2.10. The lowest BCUT2D eigenvalue weighted by molar-refractivity contribution is -0.138. The van der Waals surface area contributed by atoms with Crippen LogP contribution >= 0.6 is 12.6 Å². The van der Waals surface area contributed by atoms with E-state index in [0.29, 0.717) is 0 Å². The Labute approximate surface area is 115 Å². The van der Waals surface area contributed by atoms with Gasteiger partial charge in [0.15, 0.2) is 0 Å². The van der Waals surface area contributed by atoms with Crippen molar-refractivity contribution in [3.63, 3.8) is 0 Å². The SMILES string of the molecule is COC(=O)c1ccccc1C(=O)NC(CS)C(=O)O. The Morgan fingerprint density at radius 2 is 1.89 bits per heavy atom. The standard InChI is InChI=1S/C12H13NO5S/c1-18-12(17)8-5-3-2-4-7(8)10(14)13-9(6-19)11(15)16/h2-5,9,19H,6H2,1H3,(H,13,14)(H,15,16). The molecule has 1 atom stereocenters. The third-order valence-corrected chi connectivity index (χ3v) is 2.73. The second-order valence-corrected chi connectivity index (χ2v) is 3.95. The number of rotatable bonds is 5. The van der Waals surface area contributed by atoms with Crippen LogP contribution in [0.5, 0.6) is 0 Å². The number of carbonyl (C=O) groups is 3. The Bertz CT molecular complexity index is 503. The Morgan fingerprint density at radius 3 is 2.37 bits per heavy atom. The van der Waals surface area contributed by atoms with Crippen LogP contribution in [0.2, 0.25) is 0 Å². The maximum Gasteiger partial charge on any atom is 0.338 e. The van der Waals surface area contributed by atoms with Gasteiger partial charge in [-0.05, 0) is 12.1 Å². The maximum atomic E-state index is 11.9. The van der Waals surface area contributed by atoms with Crippen LogP contribution in [-0.2, 0) is 9.53 Å². The fourth-order valence-electron chi connectivity index (χ4n) is 1.39. The van der Waals surface area contributed by atoms with E-state index in [1.807, 2.05) is 0 Å². The first-order valence-corrected chi connectivity index (χ1v) is 5.96. The van der Waals surface area contributed by atoms with Gasteiger partial charge in [-0.15, -0.1) is 0 Å². The first-order valence-electron chi connectivity index (χ1n) is 5.33. The van der Waals surface area contributed by atoms with Crippen LogP contribution < -0.4 is 5.32 Å². The lowest BCUT2D eigenvalue weighted by Gasteiger charge is -2.13. The summed E-state index contributed by atoms with van der Waals surface area (Å²) < 4.78 is 4.56. The van der Waals surface area contributed by atoms with Crippen LogP contribution in [0, 0.1) is 0 Å². The molecule has 0 saturated carbocycles. The number of amides is 1. The molecule has 2 N–H and O–H groups in total. The monoisotopic (exact) mass is 283 g/mol. The molecule has 1 unspecified atom stereocenters. The minimum absolute atomic E-state index is 0.0541. The zero-order valence-electron chi connectivity index (χ0n) is 10.1. The van der Waals surface area contributed by atoms with Gasteiger partial charge in [-0.25, -0.2) is 9.59 Å². The molecule has 0 radical (unpaired) electrons. The molecule has 1 aromatic carbocycles. The average Bonchev–Trinajstić information content (AvgIpc) is 2.43. The molecule has 6 nitrogen and oxygen atoms in total. The van der Waals surface area contributed by atoms with Crippen LogP contribution in [0.3, 0.4) is 0 Å². The number of esters is 1. The minimum atomic E-state index is -1.20. The molecule has 19 heavy (non-hydrogen) atoms. The molecule has 1 amide bonds. The number of carbonyl (C=O) groups excluding carboxylic acids is 2. The first-order chi connectivity index (χ1) is 9.01. The van der Waals surface area contributed by atoms with Crippen molar-refractivity contribution in [2.45, 2.75) is 6.04 Å². The number of benzene rings is 1. The summed E-state index contributed by atoms with van der Waals surface area (Å²) in [5.74, 6) is -2.58. The summed E-state index contributed by atoms with van der Waals surface area (Å²) >= 11 is 3.84. The van der Waals surface area contributed by atoms with Crippen LogP contribution in [-0.4, -0.2) is 41.9 Å². The number of nitrogens with one attached hydrogen (secondary N) is 1. The van der Waals surface area contributed by atoms with E-state index in [1.165, 1.54) is 19.2 Å². The van der Waals surface area contributed by atoms with E-state index in [9.17, 15) is 14.4 Å². The molecular formula is C12H13NO5S. The number of carboxylic acids is 1. The van der Waals surface area contributed by atoms with E-state index >= 15 is 0 Å². The summed E-state index contributed by atoms with van der Waals surface area (Å²) in [5, 5.41) is 11.1. The van der Waals surface area contributed by atoms with E-state index in [0.717, 1.165) is 0 Å². The van der Waals surface area contributed by atoms with Crippen molar-refractivity contribution in [3.8, 4) is 0 Å². The molecule has 1 aromatic rings. The van der Waals surface area contributed by atoms with Crippen LogP contribution in [0.25, 0.3) is 0 Å². The third kappa shape index (κ3) is 3.72. The number of hydrogen-bond acceptors (Lipinski definition) is 5. The number of hydrogen-bond donors (Lipinski definition) is 3. The highest BCUT2D eigenvalue weighted by Gasteiger charge is 2.22. The Morgan fingerprint density at radius 1 is 1.32 bits per heavy atom. The fourth-order valence-corrected chi connectivity index (χ4v) is 1.64. The van der Waals surface area contributed by atoms with Gasteiger partial charge in [0.25, 0.3) is 5.91 Å². The molecular weight excluding hydrogens is 270 g/mol. The van der Waals surface area contributed by atoms with E-state index in [2.05, 4.69) is 22.7 Å². The van der Waals surface area contributed by atoms with Gasteiger partial charge in [-0.3, -0.25) is 4.79 Å². The first kappa shape index (κ1) is 15.0. The molecule has 0 heterocycles. The summed E-state index contributed by atoms with van der Waals surface area (Å²) in [6, 6.07) is 4.87. The second-order valence-electron chi connectivity index (χ2n) is 3.58. The fraction of sp³-hybridized carbons (Fsp3) is 0.250. The van der Waals surface area contributed by atoms with Gasteiger partial charge in [0, 0.05) is 5.75 Å². The van der Waals surface area contributed by atoms with Gasteiger partial charge >= 0.3 is 11.9 Å². The van der Waals surface area contributed by atoms with Gasteiger partial charge in [0.2, 0.25) is 0 Å². The minimum Gasteiger partial charge on any atom is -0.480 e. The maximum absolute atomic E-state index is 11.9. The van der Waals surface area contributed by atoms with Crippen molar-refractivity contribution >= 4 is 30.5 Å². The smallest absolute Gasteiger partial charge is 0.338 e. The van der Waals surface area contributed by atoms with Gasteiger partial charge in [0.1, 0.15) is 6.04 Å². The number of carboxylic acid groups (broad SMARTS) is 1. The largest absolute Gasteiger partial charge is 0.480 e. The summed E-state index contributed by atoms with van der Waals surface area (Å²) in [6.45, 7) is 0. The molecule has 0 spiro atoms. The summed E-state index contributed by atoms with van der Waals surface area (Å²) in [4.78, 5) is 34.3. The van der Waals surface area contributed by atoms with Gasteiger partial charge < -0.3 is 15.2 Å². The molecule has 0 aliphatic heterocycles. The summed E-state index contributed by atoms with van der Waals surface area (Å²) in [6.07, 6.45) is 0. The van der Waals surface area contributed by atoms with Crippen LogP contribution in [0.15, 0.2) is 24.3 Å². The van der Waals surface area contributed by atoms with Crippen molar-refractivity contribution in [3.05, 3.63) is 35.4 Å². The molecule has 1 rings (SSSR count). The number of thiol groups is 1. The number of aliphatic carboxylic acids is 1. The van der Waals surface area contributed by atoms with Crippen molar-refractivity contribution in [2.24, 2.45) is 0 Å². The molecule has 0 saturated heterocycles. The number of methoxy groups -OCH3 is 1. The van der Waals surface area contributed by atoms with Crippen molar-refractivity contribution in [1.82, 2.24) is 5.32 Å². The van der Waals surface area contributed by atoms with Gasteiger partial charge in [-0.1, -0.05) is 12.1 Å². The highest BCUT2D eigenvalue weighted by molar-refractivity contribution is 7.80. The Balaban J connectivity index is 3.00. The van der Waals surface area contributed by atoms with E-state index in [-0.39, 0.29) is 16.9 Å². The van der Waals surface area contributed by atoms with Crippen molar-refractivity contribution in [2.75, 3.05) is 12.9 Å². The molecule has 0 fully saturated rings. The number of ether oxygens (including phenoxy) is 1. The van der Waals surface area contributed by atoms with Gasteiger partial charge in [-0.2, -0.15) is 12.6 Å². The topological polar surface area (TPSA) is 92.7 Å². The third-order valence-electron chi connectivity index (χ3n) is 2.36. The highest BCUT2D eigenvalue weighted by atomic mass is 32.1. The molecule has 0 aliphatic carbocycles. The summed E-state index contributed by atoms with van der Waals surface area (Å²) in [7, 11) is 1.20. The van der Waals surface area contributed by atoms with E-state index in [1.54, 1.807) is 12.1 Å². The van der Waals surface area contributed by atoms with Gasteiger partial charge in [0.05, 0.1) is 18.2 Å². The molecule has 0 bridgehead atoms. The zero-order valence-corrected chi connectivity index (χ0v) is 11.0. The zero-order chi connectivity index (χ0) is 14.4. The van der Waals surface area contributed by atoms with E-state index in [4.69, 9.17) is 5.11 Å². The molecule has 0 aromatic heterocycles. The van der Waals surface area contributed by atoms with Crippen molar-refractivity contribution in [1.29, 1.82) is 0 Å². The lowest BCUT2D eigenvalue weighted by Crippen LogP contribution is -2.42. The Kier molecular flexibility index (Phi) is 5.37. The molecule has 102 valence electrons. The Hall–Kier alpha value is -2.02. The van der Waals surface area contributed by atoms with Crippen LogP contribution in [0.4, 0.5) is 0 Å².